The summed E-state index contributed by atoms with van der Waals surface area (Å²) in [5, 5.41) is 10.5. The number of nitrogens with two attached hydrogens (primary N) is 1. The van der Waals surface area contributed by atoms with Crippen molar-refractivity contribution >= 4 is 38.9 Å². The Bertz CT molecular complexity index is 1470. The normalized spacial score (nSPS) is 17.4. The van der Waals surface area contributed by atoms with Crippen LogP contribution in [0, 0.1) is 11.3 Å². The minimum absolute atomic E-state index is 0.0400. The van der Waals surface area contributed by atoms with Crippen molar-refractivity contribution < 1.29 is 9.53 Å². The van der Waals surface area contributed by atoms with Gasteiger partial charge in [0, 0.05) is 34.3 Å². The fourth-order valence-electron chi connectivity index (χ4n) is 5.06. The number of ether oxygens (including phenoxy) is 1. The number of benzene rings is 3. The van der Waals surface area contributed by atoms with Crippen LogP contribution in [0.4, 0.5) is 0 Å². The summed E-state index contributed by atoms with van der Waals surface area (Å²) < 4.78 is 6.75. The number of rotatable bonds is 6. The van der Waals surface area contributed by atoms with Crippen molar-refractivity contribution in [3.05, 3.63) is 87.8 Å². The highest BCUT2D eigenvalue weighted by atomic mass is 35.5. The third kappa shape index (κ3) is 5.21. The number of thiophene rings is 1. The first kappa shape index (κ1) is 25.3. The molecule has 1 saturated carbocycles. The summed E-state index contributed by atoms with van der Waals surface area (Å²) in [4.78, 5) is 16.5. The maximum atomic E-state index is 14.0. The van der Waals surface area contributed by atoms with Gasteiger partial charge in [-0.3, -0.25) is 4.79 Å². The van der Waals surface area contributed by atoms with Gasteiger partial charge in [-0.1, -0.05) is 54.1 Å². The quantitative estimate of drug-likeness (QED) is 0.291. The van der Waals surface area contributed by atoms with Gasteiger partial charge in [-0.15, -0.1) is 11.3 Å². The Kier molecular flexibility index (Phi) is 7.48. The van der Waals surface area contributed by atoms with E-state index in [1.165, 1.54) is 11.3 Å². The number of carbonyl (C=O) groups excluding carboxylic acids is 1. The van der Waals surface area contributed by atoms with Crippen LogP contribution in [-0.2, 0) is 6.54 Å². The van der Waals surface area contributed by atoms with Gasteiger partial charge in [-0.2, -0.15) is 5.26 Å². The first-order valence-corrected chi connectivity index (χ1v) is 13.6. The molecule has 5 rings (SSSR count). The van der Waals surface area contributed by atoms with E-state index in [1.807, 2.05) is 59.5 Å². The second-order valence-corrected chi connectivity index (χ2v) is 10.9. The number of nitriles is 1. The largest absolute Gasteiger partial charge is 0.496 e. The minimum atomic E-state index is -0.0400. The van der Waals surface area contributed by atoms with Crippen molar-refractivity contribution in [1.82, 2.24) is 4.90 Å². The molecule has 37 heavy (non-hydrogen) atoms. The van der Waals surface area contributed by atoms with Gasteiger partial charge in [0.05, 0.1) is 23.8 Å². The molecular formula is C30H28ClN3O2S. The zero-order chi connectivity index (χ0) is 25.9. The van der Waals surface area contributed by atoms with Crippen LogP contribution in [0.1, 0.15) is 46.5 Å². The van der Waals surface area contributed by atoms with Gasteiger partial charge in [0.2, 0.25) is 0 Å². The molecule has 2 N–H and O–H groups in total. The molecule has 0 radical (unpaired) electrons. The van der Waals surface area contributed by atoms with Crippen LogP contribution in [0.15, 0.2) is 66.7 Å². The van der Waals surface area contributed by atoms with Crippen LogP contribution < -0.4 is 10.5 Å². The van der Waals surface area contributed by atoms with Crippen molar-refractivity contribution in [3.63, 3.8) is 0 Å². The Hall–Kier alpha value is -3.37. The van der Waals surface area contributed by atoms with Gasteiger partial charge in [-0.05, 0) is 61.1 Å². The van der Waals surface area contributed by atoms with Crippen molar-refractivity contribution in [2.75, 3.05) is 7.11 Å². The second kappa shape index (κ2) is 10.9. The van der Waals surface area contributed by atoms with Gasteiger partial charge in [0.25, 0.3) is 5.91 Å². The number of nitrogens with zero attached hydrogens (tertiary/aromatic N) is 2. The number of fused-ring (bicyclic) bond motifs is 1. The van der Waals surface area contributed by atoms with Gasteiger partial charge in [-0.25, -0.2) is 0 Å². The predicted molar refractivity (Wildman–Crippen MR) is 150 cm³/mol. The maximum absolute atomic E-state index is 14.0. The number of carbonyl (C=O) groups is 1. The first-order valence-electron chi connectivity index (χ1n) is 12.4. The van der Waals surface area contributed by atoms with Gasteiger partial charge in [0.15, 0.2) is 0 Å². The van der Waals surface area contributed by atoms with E-state index in [2.05, 4.69) is 6.07 Å². The summed E-state index contributed by atoms with van der Waals surface area (Å²) in [6, 6.07) is 23.8. The molecule has 0 unspecified atom stereocenters. The molecule has 1 aliphatic rings. The number of hydrogen-bond acceptors (Lipinski definition) is 5. The lowest BCUT2D eigenvalue weighted by atomic mass is 9.90. The Labute approximate surface area is 226 Å². The van der Waals surface area contributed by atoms with E-state index in [-0.39, 0.29) is 18.0 Å². The molecule has 188 valence electrons. The molecule has 1 aliphatic carbocycles. The molecule has 0 aliphatic heterocycles. The lowest BCUT2D eigenvalue weighted by molar-refractivity contribution is 0.0611. The van der Waals surface area contributed by atoms with E-state index in [0.29, 0.717) is 22.0 Å². The molecule has 3 aromatic carbocycles. The van der Waals surface area contributed by atoms with Crippen LogP contribution in [0.2, 0.25) is 5.02 Å². The molecule has 4 aromatic rings. The van der Waals surface area contributed by atoms with Gasteiger partial charge >= 0.3 is 0 Å². The van der Waals surface area contributed by atoms with E-state index >= 15 is 0 Å². The Morgan fingerprint density at radius 3 is 2.51 bits per heavy atom. The lowest BCUT2D eigenvalue weighted by Gasteiger charge is -2.36. The molecule has 0 bridgehead atoms. The highest BCUT2D eigenvalue weighted by molar-refractivity contribution is 7.21. The average Bonchev–Trinajstić information content (AvgIpc) is 3.28. The average molecular weight is 530 g/mol. The smallest absolute Gasteiger partial charge is 0.266 e. The van der Waals surface area contributed by atoms with Gasteiger partial charge in [0.1, 0.15) is 10.6 Å². The SMILES string of the molecule is COc1cc(CN(C(=O)c2sc3ccccc3c2Cl)C2CCC(N)CC2)ccc1-c1ccc(C#N)cc1. The lowest BCUT2D eigenvalue weighted by Crippen LogP contribution is -2.43. The molecule has 0 atom stereocenters. The second-order valence-electron chi connectivity index (χ2n) is 9.47. The predicted octanol–water partition coefficient (Wildman–Crippen LogP) is 7.01. The highest BCUT2D eigenvalue weighted by Crippen LogP contribution is 2.38. The molecule has 0 saturated heterocycles. The van der Waals surface area contributed by atoms with E-state index in [4.69, 9.17) is 27.3 Å². The van der Waals surface area contributed by atoms with Crippen molar-refractivity contribution in [1.29, 1.82) is 5.26 Å². The zero-order valence-corrected chi connectivity index (χ0v) is 22.2. The summed E-state index contributed by atoms with van der Waals surface area (Å²) >= 11 is 8.17. The van der Waals surface area contributed by atoms with E-state index < -0.39 is 0 Å². The molecular weight excluding hydrogens is 502 g/mol. The summed E-state index contributed by atoms with van der Waals surface area (Å²) in [6.07, 6.45) is 3.54. The zero-order valence-electron chi connectivity index (χ0n) is 20.6. The first-order chi connectivity index (χ1) is 18.0. The number of hydrogen-bond donors (Lipinski definition) is 1. The Balaban J connectivity index is 1.48. The number of methoxy groups -OCH3 is 1. The van der Waals surface area contributed by atoms with Crippen LogP contribution in [0.25, 0.3) is 21.2 Å². The standard InChI is InChI=1S/C30H28ClN3O2S/c1-36-26-16-20(8-15-24(26)21-9-6-19(17-32)7-10-21)18-34(23-13-11-22(33)12-14-23)30(35)29-28(31)25-4-2-3-5-27(25)37-29/h2-10,15-16,22-23H,11-14,18,33H2,1H3. The van der Waals surface area contributed by atoms with Crippen LogP contribution in [0.5, 0.6) is 5.75 Å². The minimum Gasteiger partial charge on any atom is -0.496 e. The Morgan fingerprint density at radius 2 is 1.84 bits per heavy atom. The van der Waals surface area contributed by atoms with E-state index in [9.17, 15) is 4.79 Å². The summed E-state index contributed by atoms with van der Waals surface area (Å²) in [6.45, 7) is 0.452. The topological polar surface area (TPSA) is 79.3 Å². The van der Waals surface area contributed by atoms with E-state index in [1.54, 1.807) is 19.2 Å². The van der Waals surface area contributed by atoms with Gasteiger partial charge < -0.3 is 15.4 Å². The molecule has 1 heterocycles. The fraction of sp³-hybridized carbons (Fsp3) is 0.267. The monoisotopic (exact) mass is 529 g/mol. The maximum Gasteiger partial charge on any atom is 0.266 e. The molecule has 1 fully saturated rings. The van der Waals surface area contributed by atoms with Crippen LogP contribution in [0.3, 0.4) is 0 Å². The van der Waals surface area contributed by atoms with Crippen LogP contribution in [-0.4, -0.2) is 30.0 Å². The third-order valence-electron chi connectivity index (χ3n) is 7.12. The molecule has 0 spiro atoms. The Morgan fingerprint density at radius 1 is 1.11 bits per heavy atom. The highest BCUT2D eigenvalue weighted by Gasteiger charge is 2.31. The molecule has 7 heteroatoms. The third-order valence-corrected chi connectivity index (χ3v) is 8.78. The summed E-state index contributed by atoms with van der Waals surface area (Å²) in [5.74, 6) is 0.682. The summed E-state index contributed by atoms with van der Waals surface area (Å²) in [7, 11) is 1.65. The molecule has 5 nitrogen and oxygen atoms in total. The summed E-state index contributed by atoms with van der Waals surface area (Å²) in [5.41, 5.74) is 9.68. The number of amides is 1. The number of halogens is 1. The van der Waals surface area contributed by atoms with Crippen molar-refractivity contribution in [3.8, 4) is 22.9 Å². The van der Waals surface area contributed by atoms with E-state index in [0.717, 1.165) is 58.2 Å². The molecule has 1 aromatic heterocycles. The van der Waals surface area contributed by atoms with Crippen molar-refractivity contribution in [2.24, 2.45) is 5.73 Å². The molecule has 1 amide bonds. The van der Waals surface area contributed by atoms with Crippen molar-refractivity contribution in [2.45, 2.75) is 44.3 Å². The van der Waals surface area contributed by atoms with Crippen LogP contribution >= 0.6 is 22.9 Å². The fourth-order valence-corrected chi connectivity index (χ4v) is 6.52.